The summed E-state index contributed by atoms with van der Waals surface area (Å²) in [6, 6.07) is 9.39. The number of nitrogens with one attached hydrogen (secondary N) is 1. The monoisotopic (exact) mass is 364 g/mol. The lowest BCUT2D eigenvalue weighted by molar-refractivity contribution is -0.130. The Bertz CT molecular complexity index is 980. The van der Waals surface area contributed by atoms with Crippen LogP contribution in [0.25, 0.3) is 11.3 Å². The molecule has 1 aliphatic rings. The third-order valence-corrected chi connectivity index (χ3v) is 4.93. The molecule has 0 aromatic carbocycles. The van der Waals surface area contributed by atoms with Gasteiger partial charge in [-0.3, -0.25) is 19.6 Å². The van der Waals surface area contributed by atoms with Crippen molar-refractivity contribution in [3.63, 3.8) is 0 Å². The van der Waals surface area contributed by atoms with Crippen molar-refractivity contribution in [2.45, 2.75) is 25.2 Å². The van der Waals surface area contributed by atoms with Crippen molar-refractivity contribution >= 4 is 5.91 Å². The van der Waals surface area contributed by atoms with E-state index in [1.807, 2.05) is 29.3 Å². The van der Waals surface area contributed by atoms with E-state index in [-0.39, 0.29) is 11.5 Å². The molecule has 1 N–H and O–H groups in total. The van der Waals surface area contributed by atoms with Crippen LogP contribution in [0.3, 0.4) is 0 Å². The molecule has 7 nitrogen and oxygen atoms in total. The van der Waals surface area contributed by atoms with Gasteiger partial charge < -0.3 is 9.42 Å². The SMILES string of the molecule is O=C(CCc1cc(=O)[nH]o1)N1CCC(c2ccnc(-c3ccncc3)c2)C1. The number of nitrogens with zero attached hydrogens (tertiary/aromatic N) is 3. The molecule has 1 atom stereocenters. The minimum absolute atomic E-state index is 0.0877. The molecule has 0 bridgehead atoms. The number of pyridine rings is 2. The van der Waals surface area contributed by atoms with Crippen molar-refractivity contribution in [3.05, 3.63) is 70.6 Å². The zero-order chi connectivity index (χ0) is 18.6. The van der Waals surface area contributed by atoms with Gasteiger partial charge in [-0.2, -0.15) is 5.16 Å². The second kappa shape index (κ2) is 7.57. The van der Waals surface area contributed by atoms with Gasteiger partial charge in [0.2, 0.25) is 5.91 Å². The van der Waals surface area contributed by atoms with Gasteiger partial charge >= 0.3 is 0 Å². The number of aryl methyl sites for hydroxylation is 1. The highest BCUT2D eigenvalue weighted by atomic mass is 16.5. The van der Waals surface area contributed by atoms with E-state index in [2.05, 4.69) is 21.2 Å². The van der Waals surface area contributed by atoms with Crippen LogP contribution in [0, 0.1) is 0 Å². The van der Waals surface area contributed by atoms with Crippen LogP contribution in [0.1, 0.15) is 30.1 Å². The number of likely N-dealkylation sites (tertiary alicyclic amines) is 1. The molecule has 1 aliphatic heterocycles. The highest BCUT2D eigenvalue weighted by Gasteiger charge is 2.27. The van der Waals surface area contributed by atoms with E-state index in [0.717, 1.165) is 24.2 Å². The molecule has 3 aromatic rings. The quantitative estimate of drug-likeness (QED) is 0.750. The lowest BCUT2D eigenvalue weighted by Crippen LogP contribution is -2.28. The zero-order valence-electron chi connectivity index (χ0n) is 14.8. The molecule has 0 aliphatic carbocycles. The average Bonchev–Trinajstić information content (AvgIpc) is 3.36. The first-order valence-electron chi connectivity index (χ1n) is 9.00. The summed E-state index contributed by atoms with van der Waals surface area (Å²) in [7, 11) is 0. The number of aromatic amines is 1. The molecule has 1 unspecified atom stereocenters. The second-order valence-electron chi connectivity index (χ2n) is 6.71. The molecule has 27 heavy (non-hydrogen) atoms. The Morgan fingerprint density at radius 3 is 2.85 bits per heavy atom. The van der Waals surface area contributed by atoms with Gasteiger partial charge in [0.15, 0.2) is 0 Å². The van der Waals surface area contributed by atoms with Gasteiger partial charge in [0, 0.05) is 62.1 Å². The first kappa shape index (κ1) is 17.2. The van der Waals surface area contributed by atoms with Crippen LogP contribution in [-0.4, -0.2) is 39.0 Å². The number of rotatable bonds is 5. The Morgan fingerprint density at radius 1 is 1.22 bits per heavy atom. The summed E-state index contributed by atoms with van der Waals surface area (Å²) in [4.78, 5) is 33.9. The van der Waals surface area contributed by atoms with Crippen LogP contribution < -0.4 is 5.56 Å². The predicted molar refractivity (Wildman–Crippen MR) is 99.1 cm³/mol. The minimum atomic E-state index is -0.277. The smallest absolute Gasteiger partial charge is 0.280 e. The number of amides is 1. The van der Waals surface area contributed by atoms with Crippen molar-refractivity contribution in [2.75, 3.05) is 13.1 Å². The van der Waals surface area contributed by atoms with Crippen molar-refractivity contribution in [1.29, 1.82) is 0 Å². The summed E-state index contributed by atoms with van der Waals surface area (Å²) in [5.41, 5.74) is 2.87. The Balaban J connectivity index is 1.39. The number of carbonyl (C=O) groups is 1. The summed E-state index contributed by atoms with van der Waals surface area (Å²) in [6.45, 7) is 1.45. The highest BCUT2D eigenvalue weighted by Crippen LogP contribution is 2.29. The van der Waals surface area contributed by atoms with Gasteiger partial charge in [0.05, 0.1) is 5.69 Å². The number of hydrogen-bond donors (Lipinski definition) is 1. The fourth-order valence-corrected chi connectivity index (χ4v) is 3.47. The molecule has 4 rings (SSSR count). The molecule has 1 amide bonds. The molecule has 7 heteroatoms. The third kappa shape index (κ3) is 3.97. The maximum absolute atomic E-state index is 12.5. The molecule has 0 saturated carbocycles. The van der Waals surface area contributed by atoms with Crippen molar-refractivity contribution in [1.82, 2.24) is 20.0 Å². The van der Waals surface area contributed by atoms with Crippen LogP contribution >= 0.6 is 0 Å². The van der Waals surface area contributed by atoms with Crippen LogP contribution in [0.5, 0.6) is 0 Å². The molecule has 3 aromatic heterocycles. The van der Waals surface area contributed by atoms with E-state index in [4.69, 9.17) is 4.52 Å². The Hall–Kier alpha value is -3.22. The molecule has 138 valence electrons. The third-order valence-electron chi connectivity index (χ3n) is 4.93. The van der Waals surface area contributed by atoms with Crippen LogP contribution in [0.15, 0.2) is 58.2 Å². The first-order valence-corrected chi connectivity index (χ1v) is 9.00. The summed E-state index contributed by atoms with van der Waals surface area (Å²) in [6.07, 6.45) is 7.04. The maximum Gasteiger partial charge on any atom is 0.280 e. The van der Waals surface area contributed by atoms with Crippen molar-refractivity contribution in [2.24, 2.45) is 0 Å². The number of hydrogen-bond acceptors (Lipinski definition) is 5. The van der Waals surface area contributed by atoms with Gasteiger partial charge in [0.25, 0.3) is 5.56 Å². The number of aromatic nitrogens is 3. The fraction of sp³-hybridized carbons (Fsp3) is 0.300. The number of H-pyrrole nitrogens is 1. The Kier molecular flexibility index (Phi) is 4.82. The second-order valence-corrected chi connectivity index (χ2v) is 6.71. The summed E-state index contributed by atoms with van der Waals surface area (Å²) in [5.74, 6) is 0.910. The van der Waals surface area contributed by atoms with Crippen LogP contribution in [0.2, 0.25) is 0 Å². The molecule has 0 radical (unpaired) electrons. The van der Waals surface area contributed by atoms with Crippen LogP contribution in [-0.2, 0) is 11.2 Å². The highest BCUT2D eigenvalue weighted by molar-refractivity contribution is 5.76. The molecular formula is C20H20N4O3. The molecule has 1 fully saturated rings. The summed E-state index contributed by atoms with van der Waals surface area (Å²) < 4.78 is 5.00. The molecule has 1 saturated heterocycles. The Labute approximate surface area is 156 Å². The standard InChI is InChI=1S/C20H20N4O3/c25-19-12-17(27-23-19)1-2-20(26)24-10-6-16(13-24)15-5-9-22-18(11-15)14-3-7-21-8-4-14/h3-5,7-9,11-12,16H,1-2,6,10,13H2,(H,23,25). The van der Waals surface area contributed by atoms with Crippen LogP contribution in [0.4, 0.5) is 0 Å². The minimum Gasteiger partial charge on any atom is -0.384 e. The molecular weight excluding hydrogens is 344 g/mol. The predicted octanol–water partition coefficient (Wildman–Crippen LogP) is 2.37. The van der Waals surface area contributed by atoms with Gasteiger partial charge in [-0.1, -0.05) is 0 Å². The van der Waals surface area contributed by atoms with Gasteiger partial charge in [-0.05, 0) is 36.2 Å². The van der Waals surface area contributed by atoms with Crippen molar-refractivity contribution in [3.8, 4) is 11.3 Å². The number of carbonyl (C=O) groups excluding carboxylic acids is 1. The summed E-state index contributed by atoms with van der Waals surface area (Å²) >= 11 is 0. The average molecular weight is 364 g/mol. The van der Waals surface area contributed by atoms with E-state index < -0.39 is 0 Å². The Morgan fingerprint density at radius 2 is 2.07 bits per heavy atom. The molecule has 0 spiro atoms. The fourth-order valence-electron chi connectivity index (χ4n) is 3.47. The van der Waals surface area contributed by atoms with E-state index in [9.17, 15) is 9.59 Å². The normalized spacial score (nSPS) is 16.6. The lowest BCUT2D eigenvalue weighted by atomic mass is 9.97. The van der Waals surface area contributed by atoms with Gasteiger partial charge in [-0.25, -0.2) is 0 Å². The van der Waals surface area contributed by atoms with E-state index in [1.54, 1.807) is 12.4 Å². The van der Waals surface area contributed by atoms with E-state index in [0.29, 0.717) is 31.1 Å². The lowest BCUT2D eigenvalue weighted by Gasteiger charge is -2.16. The largest absolute Gasteiger partial charge is 0.384 e. The summed E-state index contributed by atoms with van der Waals surface area (Å²) in [5, 5.41) is 2.24. The maximum atomic E-state index is 12.5. The zero-order valence-corrected chi connectivity index (χ0v) is 14.8. The van der Waals surface area contributed by atoms with E-state index in [1.165, 1.54) is 11.6 Å². The first-order chi connectivity index (χ1) is 13.2. The van der Waals surface area contributed by atoms with Gasteiger partial charge in [-0.15, -0.1) is 0 Å². The van der Waals surface area contributed by atoms with Gasteiger partial charge in [0.1, 0.15) is 5.76 Å². The molecule has 4 heterocycles. The van der Waals surface area contributed by atoms with Crippen molar-refractivity contribution < 1.29 is 9.32 Å². The topological polar surface area (TPSA) is 92.1 Å². The van der Waals surface area contributed by atoms with E-state index >= 15 is 0 Å².